The fourth-order valence-electron chi connectivity index (χ4n) is 2.07. The Labute approximate surface area is 137 Å². The first-order chi connectivity index (χ1) is 10.1. The van der Waals surface area contributed by atoms with E-state index < -0.39 is 10.8 Å². The van der Waals surface area contributed by atoms with Gasteiger partial charge in [-0.2, -0.15) is 0 Å². The van der Waals surface area contributed by atoms with Crippen molar-refractivity contribution >= 4 is 34.0 Å². The monoisotopic (exact) mass is 341 g/mol. The van der Waals surface area contributed by atoms with Crippen molar-refractivity contribution in [2.45, 2.75) is 17.9 Å². The van der Waals surface area contributed by atoms with Crippen molar-refractivity contribution in [2.24, 2.45) is 0 Å². The van der Waals surface area contributed by atoms with E-state index in [9.17, 15) is 4.21 Å². The van der Waals surface area contributed by atoms with Gasteiger partial charge in [-0.1, -0.05) is 60.5 Å². The largest absolute Gasteiger partial charge is 0.309 e. The number of hydrogen-bond donors (Lipinski definition) is 1. The molecule has 0 saturated heterocycles. The van der Waals surface area contributed by atoms with Gasteiger partial charge in [-0.25, -0.2) is 0 Å². The van der Waals surface area contributed by atoms with Gasteiger partial charge >= 0.3 is 0 Å². The van der Waals surface area contributed by atoms with Crippen LogP contribution in [0.5, 0.6) is 0 Å². The zero-order valence-corrected chi connectivity index (χ0v) is 14.0. The summed E-state index contributed by atoms with van der Waals surface area (Å²) in [6, 6.07) is 15.2. The smallest absolute Gasteiger partial charge is 0.0604 e. The van der Waals surface area contributed by atoms with Crippen molar-refractivity contribution in [2.75, 3.05) is 12.3 Å². The van der Waals surface area contributed by atoms with Crippen LogP contribution in [0.2, 0.25) is 10.0 Å². The number of nitrogens with one attached hydrogen (secondary N) is 1. The maximum atomic E-state index is 12.5. The minimum atomic E-state index is -1.14. The molecule has 0 aliphatic carbocycles. The molecule has 0 aliphatic rings. The second kappa shape index (κ2) is 7.95. The molecule has 112 valence electrons. The summed E-state index contributed by atoms with van der Waals surface area (Å²) in [6.45, 7) is 2.86. The summed E-state index contributed by atoms with van der Waals surface area (Å²) < 4.78 is 12.5. The van der Waals surface area contributed by atoms with Crippen LogP contribution in [0.1, 0.15) is 18.5 Å². The van der Waals surface area contributed by atoms with Gasteiger partial charge in [-0.05, 0) is 30.3 Å². The molecule has 21 heavy (non-hydrogen) atoms. The Morgan fingerprint density at radius 3 is 2.43 bits per heavy atom. The molecule has 0 amide bonds. The number of rotatable bonds is 6. The molecule has 2 aromatic rings. The topological polar surface area (TPSA) is 29.1 Å². The molecule has 0 fully saturated rings. The van der Waals surface area contributed by atoms with Gasteiger partial charge in [0.1, 0.15) is 0 Å². The highest BCUT2D eigenvalue weighted by atomic mass is 35.5. The van der Waals surface area contributed by atoms with Crippen molar-refractivity contribution in [1.82, 2.24) is 5.32 Å². The quantitative estimate of drug-likeness (QED) is 0.840. The first kappa shape index (κ1) is 16.5. The van der Waals surface area contributed by atoms with Crippen molar-refractivity contribution in [3.05, 3.63) is 64.1 Å². The Bertz CT molecular complexity index is 619. The van der Waals surface area contributed by atoms with Gasteiger partial charge in [-0.15, -0.1) is 0 Å². The van der Waals surface area contributed by atoms with Crippen LogP contribution in [0.25, 0.3) is 0 Å². The van der Waals surface area contributed by atoms with Crippen molar-refractivity contribution in [1.29, 1.82) is 0 Å². The highest BCUT2D eigenvalue weighted by Crippen LogP contribution is 2.25. The highest BCUT2D eigenvalue weighted by Gasteiger charge is 2.15. The van der Waals surface area contributed by atoms with Crippen LogP contribution in [0, 0.1) is 0 Å². The van der Waals surface area contributed by atoms with Gasteiger partial charge in [-0.3, -0.25) is 4.21 Å². The molecule has 1 N–H and O–H groups in total. The molecule has 2 rings (SSSR count). The predicted octanol–water partition coefficient (Wildman–Crippen LogP) is 4.45. The third-order valence-corrected chi connectivity index (χ3v) is 5.28. The molecular weight excluding hydrogens is 325 g/mol. The summed E-state index contributed by atoms with van der Waals surface area (Å²) in [5.41, 5.74) is 1.13. The molecule has 0 spiro atoms. The SMILES string of the molecule is CCNC(CS(=O)c1ccc(Cl)c(Cl)c1)c1ccccc1. The van der Waals surface area contributed by atoms with Crippen LogP contribution < -0.4 is 5.32 Å². The molecule has 0 bridgehead atoms. The van der Waals surface area contributed by atoms with E-state index in [4.69, 9.17) is 23.2 Å². The van der Waals surface area contributed by atoms with Crippen LogP contribution in [-0.2, 0) is 10.8 Å². The standard InChI is InChI=1S/C16H17Cl2NOS/c1-2-19-16(12-6-4-3-5-7-12)11-21(20)13-8-9-14(17)15(18)10-13/h3-10,16,19H,2,11H2,1H3. The van der Waals surface area contributed by atoms with Crippen LogP contribution in [0.4, 0.5) is 0 Å². The average molecular weight is 342 g/mol. The maximum Gasteiger partial charge on any atom is 0.0604 e. The molecule has 2 nitrogen and oxygen atoms in total. The van der Waals surface area contributed by atoms with Crippen LogP contribution in [0.15, 0.2) is 53.4 Å². The Morgan fingerprint density at radius 2 is 1.81 bits per heavy atom. The summed E-state index contributed by atoms with van der Waals surface area (Å²) in [7, 11) is -1.14. The van der Waals surface area contributed by atoms with Gasteiger partial charge in [0.05, 0.1) is 20.8 Å². The van der Waals surface area contributed by atoms with Crippen LogP contribution in [-0.4, -0.2) is 16.5 Å². The summed E-state index contributed by atoms with van der Waals surface area (Å²) >= 11 is 11.9. The van der Waals surface area contributed by atoms with Crippen LogP contribution >= 0.6 is 23.2 Å². The van der Waals surface area contributed by atoms with Crippen molar-refractivity contribution in [3.8, 4) is 0 Å². The van der Waals surface area contributed by atoms with Crippen LogP contribution in [0.3, 0.4) is 0 Å². The minimum Gasteiger partial charge on any atom is -0.309 e. The predicted molar refractivity (Wildman–Crippen MR) is 90.6 cm³/mol. The van der Waals surface area contributed by atoms with Gasteiger partial charge in [0.15, 0.2) is 0 Å². The van der Waals surface area contributed by atoms with Crippen molar-refractivity contribution in [3.63, 3.8) is 0 Å². The fraction of sp³-hybridized carbons (Fsp3) is 0.250. The lowest BCUT2D eigenvalue weighted by atomic mass is 10.1. The Morgan fingerprint density at radius 1 is 1.10 bits per heavy atom. The van der Waals surface area contributed by atoms with Crippen molar-refractivity contribution < 1.29 is 4.21 Å². The first-order valence-electron chi connectivity index (χ1n) is 6.73. The fourth-order valence-corrected chi connectivity index (χ4v) is 3.71. The van der Waals surface area contributed by atoms with E-state index in [0.717, 1.165) is 12.1 Å². The third kappa shape index (κ3) is 4.55. The van der Waals surface area contributed by atoms with Gasteiger partial charge < -0.3 is 5.32 Å². The zero-order valence-electron chi connectivity index (χ0n) is 11.7. The Hall–Kier alpha value is -0.870. The zero-order chi connectivity index (χ0) is 15.2. The summed E-state index contributed by atoms with van der Waals surface area (Å²) in [5.74, 6) is 0.496. The number of benzene rings is 2. The van der Waals surface area contributed by atoms with Gasteiger partial charge in [0.2, 0.25) is 0 Å². The Kier molecular flexibility index (Phi) is 6.24. The summed E-state index contributed by atoms with van der Waals surface area (Å²) in [6.07, 6.45) is 0. The maximum absolute atomic E-state index is 12.5. The van der Waals surface area contributed by atoms with E-state index in [-0.39, 0.29) is 6.04 Å². The molecule has 0 saturated carbocycles. The lowest BCUT2D eigenvalue weighted by molar-refractivity contribution is 0.594. The molecule has 2 unspecified atom stereocenters. The number of hydrogen-bond acceptors (Lipinski definition) is 2. The van der Waals surface area contributed by atoms with E-state index >= 15 is 0 Å². The van der Waals surface area contributed by atoms with E-state index in [1.165, 1.54) is 0 Å². The lowest BCUT2D eigenvalue weighted by Crippen LogP contribution is -2.26. The second-order valence-corrected chi connectivity index (χ2v) is 6.92. The van der Waals surface area contributed by atoms with E-state index in [1.54, 1.807) is 18.2 Å². The minimum absolute atomic E-state index is 0.0477. The van der Waals surface area contributed by atoms with E-state index in [0.29, 0.717) is 20.7 Å². The summed E-state index contributed by atoms with van der Waals surface area (Å²) in [5, 5.41) is 4.28. The lowest BCUT2D eigenvalue weighted by Gasteiger charge is -2.18. The van der Waals surface area contributed by atoms with E-state index in [1.807, 2.05) is 37.3 Å². The molecule has 2 aromatic carbocycles. The van der Waals surface area contributed by atoms with Gasteiger partial charge in [0, 0.05) is 16.7 Å². The Balaban J connectivity index is 2.16. The molecule has 2 atom stereocenters. The molecule has 0 aromatic heterocycles. The first-order valence-corrected chi connectivity index (χ1v) is 8.81. The highest BCUT2D eigenvalue weighted by molar-refractivity contribution is 7.85. The molecule has 0 heterocycles. The molecule has 0 radical (unpaired) electrons. The number of halogens is 2. The normalized spacial score (nSPS) is 13.9. The average Bonchev–Trinajstić information content (AvgIpc) is 2.50. The molecule has 5 heteroatoms. The third-order valence-electron chi connectivity index (χ3n) is 3.12. The second-order valence-electron chi connectivity index (χ2n) is 4.61. The molecule has 0 aliphatic heterocycles. The van der Waals surface area contributed by atoms with Gasteiger partial charge in [0.25, 0.3) is 0 Å². The van der Waals surface area contributed by atoms with E-state index in [2.05, 4.69) is 5.32 Å². The molecular formula is C16H17Cl2NOS. The summed E-state index contributed by atoms with van der Waals surface area (Å²) in [4.78, 5) is 0.697.